The van der Waals surface area contributed by atoms with Crippen LogP contribution in [0, 0.1) is 0 Å². The first-order chi connectivity index (χ1) is 32.8. The Morgan fingerprint density at radius 3 is 1.39 bits per heavy atom. The lowest BCUT2D eigenvalue weighted by atomic mass is 9.91. The number of aromatic nitrogens is 1. The molecule has 310 valence electrons. The fourth-order valence-electron chi connectivity index (χ4n) is 9.97. The third-order valence-corrected chi connectivity index (χ3v) is 13.0. The van der Waals surface area contributed by atoms with E-state index in [-0.39, 0.29) is 0 Å². The lowest BCUT2D eigenvalue weighted by molar-refractivity contribution is 1.18. The summed E-state index contributed by atoms with van der Waals surface area (Å²) in [5, 5.41) is 4.91. The van der Waals surface area contributed by atoms with Crippen LogP contribution in [0.1, 0.15) is 0 Å². The average molecular weight is 841 g/mol. The van der Waals surface area contributed by atoms with Gasteiger partial charge in [-0.15, -0.1) is 0 Å². The van der Waals surface area contributed by atoms with Gasteiger partial charge >= 0.3 is 0 Å². The van der Waals surface area contributed by atoms with Gasteiger partial charge in [0.2, 0.25) is 0 Å². The van der Waals surface area contributed by atoms with Gasteiger partial charge in [-0.3, -0.25) is 0 Å². The first-order valence-corrected chi connectivity index (χ1v) is 22.7. The molecule has 1 heterocycles. The highest BCUT2D eigenvalue weighted by atomic mass is 15.1. The molecule has 0 bridgehead atoms. The summed E-state index contributed by atoms with van der Waals surface area (Å²) in [7, 11) is 0. The van der Waals surface area contributed by atoms with Crippen LogP contribution < -0.4 is 4.90 Å². The van der Waals surface area contributed by atoms with Gasteiger partial charge in [-0.25, -0.2) is 0 Å². The van der Waals surface area contributed by atoms with Crippen molar-refractivity contribution in [2.45, 2.75) is 0 Å². The van der Waals surface area contributed by atoms with Crippen LogP contribution in [0.4, 0.5) is 17.1 Å². The van der Waals surface area contributed by atoms with E-state index in [2.05, 4.69) is 276 Å². The topological polar surface area (TPSA) is 8.17 Å². The molecule has 11 aromatic carbocycles. The van der Waals surface area contributed by atoms with Crippen LogP contribution >= 0.6 is 0 Å². The Kier molecular flexibility index (Phi) is 9.89. The molecule has 0 amide bonds. The standard InChI is InChI=1S/C64H44N2/c1-4-18-46(19-5-1)55-28-10-11-29-56(55)51-25-14-24-50(44-51)45-36-40-53(41-37-45)65(61-34-17-35-62-64(61)59-30-12-13-33-60(59)66(62)52-26-8-3-9-27-52)54-42-38-48(39-43-54)58-32-16-23-49-22-15-31-57(63(49)58)47-20-6-2-7-21-47/h1-44H. The minimum atomic E-state index is 1.08. The van der Waals surface area contributed by atoms with E-state index >= 15 is 0 Å². The van der Waals surface area contributed by atoms with Crippen LogP contribution in [0.2, 0.25) is 0 Å². The summed E-state index contributed by atoms with van der Waals surface area (Å²) >= 11 is 0. The largest absolute Gasteiger partial charge is 0.310 e. The van der Waals surface area contributed by atoms with Crippen LogP contribution in [0.25, 0.3) is 93.9 Å². The molecule has 0 unspecified atom stereocenters. The van der Waals surface area contributed by atoms with Crippen molar-refractivity contribution in [3.63, 3.8) is 0 Å². The Morgan fingerprint density at radius 2 is 0.727 bits per heavy atom. The van der Waals surface area contributed by atoms with Gasteiger partial charge in [0.05, 0.1) is 16.7 Å². The van der Waals surface area contributed by atoms with E-state index in [1.54, 1.807) is 0 Å². The summed E-state index contributed by atoms with van der Waals surface area (Å²) < 4.78 is 2.40. The maximum Gasteiger partial charge on any atom is 0.0562 e. The summed E-state index contributed by atoms with van der Waals surface area (Å²) in [6, 6.07) is 96.8. The Labute approximate surface area is 385 Å². The number of para-hydroxylation sites is 2. The van der Waals surface area contributed by atoms with Crippen molar-refractivity contribution >= 4 is 49.6 Å². The van der Waals surface area contributed by atoms with Gasteiger partial charge in [-0.1, -0.05) is 206 Å². The molecule has 2 nitrogen and oxygen atoms in total. The van der Waals surface area contributed by atoms with Crippen molar-refractivity contribution in [1.29, 1.82) is 0 Å². The van der Waals surface area contributed by atoms with Crippen LogP contribution in [-0.2, 0) is 0 Å². The molecule has 0 saturated heterocycles. The molecule has 66 heavy (non-hydrogen) atoms. The lowest BCUT2D eigenvalue weighted by Crippen LogP contribution is -2.10. The van der Waals surface area contributed by atoms with Crippen LogP contribution in [0.5, 0.6) is 0 Å². The SMILES string of the molecule is c1ccc(-c2ccccc2-c2cccc(-c3ccc(N(c4ccc(-c5cccc6cccc(-c7ccccc7)c56)cc4)c4cccc5c4c4ccccc4n5-c4ccccc4)cc3)c2)cc1. The minimum absolute atomic E-state index is 1.08. The zero-order valence-corrected chi connectivity index (χ0v) is 36.3. The second kappa shape index (κ2) is 16.8. The van der Waals surface area contributed by atoms with Crippen molar-refractivity contribution in [3.05, 3.63) is 267 Å². The molecule has 12 rings (SSSR count). The number of nitrogens with zero attached hydrogens (tertiary/aromatic N) is 2. The fraction of sp³-hybridized carbons (Fsp3) is 0. The van der Waals surface area contributed by atoms with Crippen LogP contribution in [-0.4, -0.2) is 4.57 Å². The van der Waals surface area contributed by atoms with Crippen molar-refractivity contribution in [1.82, 2.24) is 4.57 Å². The molecule has 0 spiro atoms. The Bertz CT molecular complexity index is 3660. The molecule has 0 aliphatic carbocycles. The summed E-state index contributed by atoms with van der Waals surface area (Å²) in [6.45, 7) is 0. The average Bonchev–Trinajstić information content (AvgIpc) is 3.75. The quantitative estimate of drug-likeness (QED) is 0.141. The molecule has 0 saturated carbocycles. The third kappa shape index (κ3) is 6.93. The predicted molar refractivity (Wildman–Crippen MR) is 280 cm³/mol. The highest BCUT2D eigenvalue weighted by molar-refractivity contribution is 6.16. The zero-order valence-electron chi connectivity index (χ0n) is 36.3. The Balaban J connectivity index is 1.000. The van der Waals surface area contributed by atoms with Crippen molar-refractivity contribution in [2.24, 2.45) is 0 Å². The summed E-state index contributed by atoms with van der Waals surface area (Å²) in [4.78, 5) is 2.43. The predicted octanol–water partition coefficient (Wildman–Crippen LogP) is 17.7. The van der Waals surface area contributed by atoms with Crippen molar-refractivity contribution in [2.75, 3.05) is 4.90 Å². The fourth-order valence-corrected chi connectivity index (χ4v) is 9.97. The molecule has 2 heteroatoms. The van der Waals surface area contributed by atoms with Crippen molar-refractivity contribution < 1.29 is 0 Å². The molecule has 0 N–H and O–H groups in total. The van der Waals surface area contributed by atoms with E-state index in [1.807, 2.05) is 0 Å². The van der Waals surface area contributed by atoms with E-state index in [9.17, 15) is 0 Å². The molecule has 0 radical (unpaired) electrons. The second-order valence-corrected chi connectivity index (χ2v) is 16.9. The molecule has 0 aliphatic heterocycles. The zero-order chi connectivity index (χ0) is 43.8. The number of benzene rings is 11. The Hall–Kier alpha value is -8.72. The van der Waals surface area contributed by atoms with Gasteiger partial charge in [0.1, 0.15) is 0 Å². The number of hydrogen-bond acceptors (Lipinski definition) is 1. The first kappa shape index (κ1) is 38.9. The molecular weight excluding hydrogens is 797 g/mol. The first-order valence-electron chi connectivity index (χ1n) is 22.7. The number of hydrogen-bond donors (Lipinski definition) is 0. The van der Waals surface area contributed by atoms with Crippen molar-refractivity contribution in [3.8, 4) is 61.3 Å². The van der Waals surface area contributed by atoms with E-state index < -0.39 is 0 Å². The maximum atomic E-state index is 2.43. The second-order valence-electron chi connectivity index (χ2n) is 16.9. The van der Waals surface area contributed by atoms with Crippen LogP contribution in [0.3, 0.4) is 0 Å². The summed E-state index contributed by atoms with van der Waals surface area (Å²) in [5.41, 5.74) is 18.8. The monoisotopic (exact) mass is 840 g/mol. The molecule has 0 atom stereocenters. The minimum Gasteiger partial charge on any atom is -0.310 e. The van der Waals surface area contributed by atoms with Gasteiger partial charge in [-0.2, -0.15) is 0 Å². The van der Waals surface area contributed by atoms with E-state index in [4.69, 9.17) is 0 Å². The summed E-state index contributed by atoms with van der Waals surface area (Å²) in [6.07, 6.45) is 0. The maximum absolute atomic E-state index is 2.43. The number of anilines is 3. The molecule has 12 aromatic rings. The molecule has 0 fully saturated rings. The molecule has 0 aliphatic rings. The normalized spacial score (nSPS) is 11.3. The Morgan fingerprint density at radius 1 is 0.273 bits per heavy atom. The highest BCUT2D eigenvalue weighted by Gasteiger charge is 2.22. The van der Waals surface area contributed by atoms with Gasteiger partial charge in [0.25, 0.3) is 0 Å². The lowest BCUT2D eigenvalue weighted by Gasteiger charge is -2.27. The van der Waals surface area contributed by atoms with Gasteiger partial charge in [-0.05, 0) is 127 Å². The van der Waals surface area contributed by atoms with E-state index in [1.165, 1.54) is 77.1 Å². The van der Waals surface area contributed by atoms with Gasteiger partial charge in [0.15, 0.2) is 0 Å². The van der Waals surface area contributed by atoms with Gasteiger partial charge in [0, 0.05) is 27.8 Å². The van der Waals surface area contributed by atoms with Crippen LogP contribution in [0.15, 0.2) is 267 Å². The van der Waals surface area contributed by atoms with E-state index in [0.29, 0.717) is 0 Å². The molecule has 1 aromatic heterocycles. The van der Waals surface area contributed by atoms with Gasteiger partial charge < -0.3 is 9.47 Å². The third-order valence-electron chi connectivity index (χ3n) is 13.0. The summed E-state index contributed by atoms with van der Waals surface area (Å²) in [5.74, 6) is 0. The molecular formula is C64H44N2. The van der Waals surface area contributed by atoms with E-state index in [0.717, 1.165) is 33.8 Å². The number of rotatable bonds is 9. The smallest absolute Gasteiger partial charge is 0.0562 e. The highest BCUT2D eigenvalue weighted by Crippen LogP contribution is 2.45. The number of fused-ring (bicyclic) bond motifs is 4.